The molecule has 1 fully saturated rings. The fourth-order valence-corrected chi connectivity index (χ4v) is 1.67. The van der Waals surface area contributed by atoms with E-state index in [2.05, 4.69) is 5.32 Å². The lowest BCUT2D eigenvalue weighted by Crippen LogP contribution is -2.40. The van der Waals surface area contributed by atoms with Gasteiger partial charge in [-0.25, -0.2) is 4.79 Å². The molecule has 0 aliphatic heterocycles. The van der Waals surface area contributed by atoms with Crippen molar-refractivity contribution in [1.82, 2.24) is 5.32 Å². The number of hydrogen-bond donors (Lipinski definition) is 2. The van der Waals surface area contributed by atoms with E-state index in [0.29, 0.717) is 18.8 Å². The van der Waals surface area contributed by atoms with Gasteiger partial charge in [-0.3, -0.25) is 4.79 Å². The number of carbonyl (C=O) groups is 2. The van der Waals surface area contributed by atoms with Crippen molar-refractivity contribution in [2.75, 3.05) is 0 Å². The van der Waals surface area contributed by atoms with Crippen LogP contribution in [0.25, 0.3) is 0 Å². The van der Waals surface area contributed by atoms with Crippen LogP contribution in [0.4, 0.5) is 0 Å². The summed E-state index contributed by atoms with van der Waals surface area (Å²) >= 11 is 0. The van der Waals surface area contributed by atoms with Crippen molar-refractivity contribution in [1.29, 1.82) is 0 Å². The minimum Gasteiger partial charge on any atom is -0.480 e. The quantitative estimate of drug-likeness (QED) is 0.666. The van der Waals surface area contributed by atoms with E-state index < -0.39 is 12.0 Å². The minimum absolute atomic E-state index is 0.115. The Kier molecular flexibility index (Phi) is 5.29. The molecule has 16 heavy (non-hydrogen) atoms. The summed E-state index contributed by atoms with van der Waals surface area (Å²) in [5.41, 5.74) is 0. The van der Waals surface area contributed by atoms with Crippen LogP contribution in [-0.2, 0) is 9.59 Å². The minimum atomic E-state index is -0.923. The van der Waals surface area contributed by atoms with Crippen molar-refractivity contribution in [3.8, 4) is 0 Å². The van der Waals surface area contributed by atoms with Gasteiger partial charge in [-0.2, -0.15) is 0 Å². The van der Waals surface area contributed by atoms with Crippen molar-refractivity contribution < 1.29 is 14.7 Å². The number of unbranched alkanes of at least 4 members (excludes halogenated alkanes) is 1. The van der Waals surface area contributed by atoms with Gasteiger partial charge in [0.2, 0.25) is 5.91 Å². The average molecular weight is 227 g/mol. The van der Waals surface area contributed by atoms with E-state index in [1.54, 1.807) is 0 Å². The third-order valence-corrected chi connectivity index (χ3v) is 2.96. The summed E-state index contributed by atoms with van der Waals surface area (Å²) in [5.74, 6) is -0.326. The van der Waals surface area contributed by atoms with Crippen molar-refractivity contribution in [2.24, 2.45) is 5.92 Å². The maximum Gasteiger partial charge on any atom is 0.326 e. The van der Waals surface area contributed by atoms with Gasteiger partial charge < -0.3 is 10.4 Å². The topological polar surface area (TPSA) is 66.4 Å². The summed E-state index contributed by atoms with van der Waals surface area (Å²) in [7, 11) is 0. The molecule has 0 aromatic carbocycles. The van der Waals surface area contributed by atoms with E-state index in [4.69, 9.17) is 5.11 Å². The molecule has 0 radical (unpaired) electrons. The molecule has 4 heteroatoms. The molecule has 1 unspecified atom stereocenters. The van der Waals surface area contributed by atoms with Crippen LogP contribution in [0.2, 0.25) is 0 Å². The Balaban J connectivity index is 2.22. The molecular weight excluding hydrogens is 206 g/mol. The molecule has 1 aliphatic rings. The number of nitrogens with one attached hydrogen (secondary N) is 1. The first kappa shape index (κ1) is 13.0. The van der Waals surface area contributed by atoms with Crippen LogP contribution in [0.1, 0.15) is 51.9 Å². The number of carboxylic acids is 1. The first-order valence-corrected chi connectivity index (χ1v) is 6.15. The second kappa shape index (κ2) is 6.51. The van der Waals surface area contributed by atoms with Crippen molar-refractivity contribution in [2.45, 2.75) is 57.9 Å². The zero-order valence-electron chi connectivity index (χ0n) is 9.87. The molecule has 0 aromatic rings. The number of carboxylic acid groups (broad SMARTS) is 1. The zero-order valence-corrected chi connectivity index (χ0v) is 9.87. The summed E-state index contributed by atoms with van der Waals surface area (Å²) in [6, 6.07) is -0.702. The van der Waals surface area contributed by atoms with Gasteiger partial charge >= 0.3 is 5.97 Å². The lowest BCUT2D eigenvalue weighted by Gasteiger charge is -2.13. The normalized spacial score (nSPS) is 16.8. The molecule has 0 spiro atoms. The molecule has 92 valence electrons. The molecule has 0 aromatic heterocycles. The second-order valence-corrected chi connectivity index (χ2v) is 4.58. The molecule has 0 bridgehead atoms. The predicted molar refractivity (Wildman–Crippen MR) is 61.0 cm³/mol. The Hall–Kier alpha value is -1.06. The highest BCUT2D eigenvalue weighted by Gasteiger charge is 2.23. The number of aliphatic carboxylic acids is 1. The van der Waals surface area contributed by atoms with Crippen molar-refractivity contribution in [3.63, 3.8) is 0 Å². The lowest BCUT2D eigenvalue weighted by molar-refractivity contribution is -0.142. The van der Waals surface area contributed by atoms with Gasteiger partial charge in [0, 0.05) is 6.42 Å². The maximum atomic E-state index is 11.5. The van der Waals surface area contributed by atoms with E-state index in [0.717, 1.165) is 19.3 Å². The third-order valence-electron chi connectivity index (χ3n) is 2.96. The van der Waals surface area contributed by atoms with Crippen LogP contribution in [0.3, 0.4) is 0 Å². The molecule has 1 amide bonds. The summed E-state index contributed by atoms with van der Waals surface area (Å²) in [6.45, 7) is 2.01. The molecular formula is C12H21NO3. The Labute approximate surface area is 96.4 Å². The molecule has 0 saturated heterocycles. The van der Waals surface area contributed by atoms with Gasteiger partial charge in [-0.05, 0) is 18.8 Å². The van der Waals surface area contributed by atoms with E-state index in [-0.39, 0.29) is 5.91 Å². The van der Waals surface area contributed by atoms with Crippen LogP contribution in [0.5, 0.6) is 0 Å². The van der Waals surface area contributed by atoms with Gasteiger partial charge in [0.1, 0.15) is 6.04 Å². The SMILES string of the molecule is CCCCC(NC(=O)CCC1CC1)C(=O)O. The van der Waals surface area contributed by atoms with E-state index in [1.807, 2.05) is 6.92 Å². The van der Waals surface area contributed by atoms with E-state index >= 15 is 0 Å². The first-order valence-electron chi connectivity index (χ1n) is 6.15. The van der Waals surface area contributed by atoms with E-state index in [1.165, 1.54) is 12.8 Å². The van der Waals surface area contributed by atoms with Crippen LogP contribution in [0.15, 0.2) is 0 Å². The molecule has 4 nitrogen and oxygen atoms in total. The average Bonchev–Trinajstić information content (AvgIpc) is 3.04. The maximum absolute atomic E-state index is 11.5. The fraction of sp³-hybridized carbons (Fsp3) is 0.833. The molecule has 1 atom stereocenters. The summed E-state index contributed by atoms with van der Waals surface area (Å²) < 4.78 is 0. The lowest BCUT2D eigenvalue weighted by atomic mass is 10.1. The van der Waals surface area contributed by atoms with Gasteiger partial charge in [0.05, 0.1) is 0 Å². The standard InChI is InChI=1S/C12H21NO3/c1-2-3-4-10(12(15)16)13-11(14)8-7-9-5-6-9/h9-10H,2-8H2,1H3,(H,13,14)(H,15,16). The number of carbonyl (C=O) groups excluding carboxylic acids is 1. The monoisotopic (exact) mass is 227 g/mol. The molecule has 0 heterocycles. The molecule has 1 rings (SSSR count). The Bertz CT molecular complexity index is 249. The number of rotatable bonds is 8. The molecule has 1 aliphatic carbocycles. The summed E-state index contributed by atoms with van der Waals surface area (Å²) in [5, 5.41) is 11.5. The summed E-state index contributed by atoms with van der Waals surface area (Å²) in [6.07, 6.45) is 6.14. The molecule has 2 N–H and O–H groups in total. The highest BCUT2D eigenvalue weighted by Crippen LogP contribution is 2.33. The Morgan fingerprint density at radius 1 is 1.44 bits per heavy atom. The zero-order chi connectivity index (χ0) is 12.0. The van der Waals surface area contributed by atoms with Crippen LogP contribution >= 0.6 is 0 Å². The van der Waals surface area contributed by atoms with E-state index in [9.17, 15) is 9.59 Å². The largest absolute Gasteiger partial charge is 0.480 e. The fourth-order valence-electron chi connectivity index (χ4n) is 1.67. The van der Waals surface area contributed by atoms with Gasteiger partial charge in [0.25, 0.3) is 0 Å². The third kappa shape index (κ3) is 5.14. The van der Waals surface area contributed by atoms with Crippen LogP contribution < -0.4 is 5.32 Å². The van der Waals surface area contributed by atoms with Crippen LogP contribution in [-0.4, -0.2) is 23.0 Å². The number of amides is 1. The van der Waals surface area contributed by atoms with Gasteiger partial charge in [0.15, 0.2) is 0 Å². The molecule has 1 saturated carbocycles. The Morgan fingerprint density at radius 2 is 2.12 bits per heavy atom. The second-order valence-electron chi connectivity index (χ2n) is 4.58. The van der Waals surface area contributed by atoms with Crippen molar-refractivity contribution >= 4 is 11.9 Å². The highest BCUT2D eigenvalue weighted by molar-refractivity contribution is 5.83. The van der Waals surface area contributed by atoms with Gasteiger partial charge in [-0.1, -0.05) is 32.6 Å². The summed E-state index contributed by atoms with van der Waals surface area (Å²) in [4.78, 5) is 22.4. The predicted octanol–water partition coefficient (Wildman–Crippen LogP) is 1.94. The van der Waals surface area contributed by atoms with Gasteiger partial charge in [-0.15, -0.1) is 0 Å². The van der Waals surface area contributed by atoms with Crippen molar-refractivity contribution in [3.05, 3.63) is 0 Å². The highest BCUT2D eigenvalue weighted by atomic mass is 16.4. The first-order chi connectivity index (χ1) is 7.63. The Morgan fingerprint density at radius 3 is 2.62 bits per heavy atom. The van der Waals surface area contributed by atoms with Crippen LogP contribution in [0, 0.1) is 5.92 Å². The number of hydrogen-bond acceptors (Lipinski definition) is 2. The smallest absolute Gasteiger partial charge is 0.326 e.